The van der Waals surface area contributed by atoms with Crippen LogP contribution < -0.4 is 0 Å². The van der Waals surface area contributed by atoms with Crippen molar-refractivity contribution < 1.29 is 9.53 Å². The van der Waals surface area contributed by atoms with Gasteiger partial charge < -0.3 is 9.64 Å². The van der Waals surface area contributed by atoms with Crippen LogP contribution in [0.3, 0.4) is 0 Å². The number of thiophene rings is 1. The Labute approximate surface area is 125 Å². The maximum absolute atomic E-state index is 12.4. The van der Waals surface area contributed by atoms with Crippen LogP contribution in [0, 0.1) is 0 Å². The summed E-state index contributed by atoms with van der Waals surface area (Å²) in [5, 5.41) is 2.10. The lowest BCUT2D eigenvalue weighted by Crippen LogP contribution is -2.49. The van der Waals surface area contributed by atoms with Crippen LogP contribution in [0.25, 0.3) is 0 Å². The standard InChI is InChI=1S/C15H24N2O2S/c1-12(2)13-10-14(20-11-13)15(18)17-6-4-16(5-7-17)8-9-19-3/h10-12H,4-9H2,1-3H3. The molecule has 4 nitrogen and oxygen atoms in total. The van der Waals surface area contributed by atoms with Crippen molar-refractivity contribution >= 4 is 17.2 Å². The van der Waals surface area contributed by atoms with Gasteiger partial charge in [-0.2, -0.15) is 0 Å². The van der Waals surface area contributed by atoms with Crippen LogP contribution >= 0.6 is 11.3 Å². The van der Waals surface area contributed by atoms with E-state index >= 15 is 0 Å². The normalized spacial score (nSPS) is 16.9. The lowest BCUT2D eigenvalue weighted by atomic mass is 10.1. The minimum atomic E-state index is 0.188. The largest absolute Gasteiger partial charge is 0.383 e. The Kier molecular flexibility index (Phi) is 5.57. The number of methoxy groups -OCH3 is 1. The summed E-state index contributed by atoms with van der Waals surface area (Å²) in [6.45, 7) is 9.55. The Balaban J connectivity index is 1.87. The number of hydrogen-bond donors (Lipinski definition) is 0. The summed E-state index contributed by atoms with van der Waals surface area (Å²) >= 11 is 1.57. The van der Waals surface area contributed by atoms with Crippen LogP contribution in [0.5, 0.6) is 0 Å². The lowest BCUT2D eigenvalue weighted by Gasteiger charge is -2.34. The third kappa shape index (κ3) is 3.81. The molecule has 0 bridgehead atoms. The molecule has 0 aromatic carbocycles. The van der Waals surface area contributed by atoms with Gasteiger partial charge in [-0.3, -0.25) is 9.69 Å². The van der Waals surface area contributed by atoms with Gasteiger partial charge in [0, 0.05) is 39.8 Å². The first-order valence-electron chi connectivity index (χ1n) is 7.21. The number of piperazine rings is 1. The molecule has 5 heteroatoms. The molecule has 20 heavy (non-hydrogen) atoms. The van der Waals surface area contributed by atoms with E-state index in [1.807, 2.05) is 4.90 Å². The van der Waals surface area contributed by atoms with Crippen LogP contribution in [-0.2, 0) is 4.74 Å². The number of rotatable bonds is 5. The monoisotopic (exact) mass is 296 g/mol. The predicted molar refractivity (Wildman–Crippen MR) is 82.6 cm³/mol. The second-order valence-electron chi connectivity index (χ2n) is 5.53. The Morgan fingerprint density at radius 2 is 2.05 bits per heavy atom. The van der Waals surface area contributed by atoms with Crippen LogP contribution in [0.4, 0.5) is 0 Å². The Morgan fingerprint density at radius 3 is 2.60 bits per heavy atom. The molecule has 0 atom stereocenters. The van der Waals surface area contributed by atoms with E-state index in [0.717, 1.165) is 44.2 Å². The first-order valence-corrected chi connectivity index (χ1v) is 8.08. The summed E-state index contributed by atoms with van der Waals surface area (Å²) in [4.78, 5) is 17.6. The summed E-state index contributed by atoms with van der Waals surface area (Å²) in [5.74, 6) is 0.673. The highest BCUT2D eigenvalue weighted by Gasteiger charge is 2.23. The summed E-state index contributed by atoms with van der Waals surface area (Å²) < 4.78 is 5.09. The molecule has 0 spiro atoms. The molecule has 0 radical (unpaired) electrons. The van der Waals surface area contributed by atoms with Gasteiger partial charge in [-0.1, -0.05) is 13.8 Å². The van der Waals surface area contributed by atoms with Gasteiger partial charge in [0.1, 0.15) is 0 Å². The highest BCUT2D eigenvalue weighted by molar-refractivity contribution is 7.12. The number of hydrogen-bond acceptors (Lipinski definition) is 4. The molecular formula is C15H24N2O2S. The van der Waals surface area contributed by atoms with Crippen molar-refractivity contribution in [3.63, 3.8) is 0 Å². The van der Waals surface area contributed by atoms with E-state index in [2.05, 4.69) is 30.2 Å². The SMILES string of the molecule is COCCN1CCN(C(=O)c2cc(C(C)C)cs2)CC1. The summed E-state index contributed by atoms with van der Waals surface area (Å²) in [6, 6.07) is 2.05. The minimum Gasteiger partial charge on any atom is -0.383 e. The Bertz CT molecular complexity index is 437. The summed E-state index contributed by atoms with van der Waals surface area (Å²) in [7, 11) is 1.73. The molecule has 2 heterocycles. The van der Waals surface area contributed by atoms with E-state index in [0.29, 0.717) is 5.92 Å². The van der Waals surface area contributed by atoms with Gasteiger partial charge in [0.2, 0.25) is 0 Å². The molecule has 0 saturated carbocycles. The van der Waals surface area contributed by atoms with Gasteiger partial charge in [0.05, 0.1) is 11.5 Å². The van der Waals surface area contributed by atoms with Crippen LogP contribution in [0.1, 0.15) is 35.0 Å². The molecule has 2 rings (SSSR count). The fraction of sp³-hybridized carbons (Fsp3) is 0.667. The van der Waals surface area contributed by atoms with Crippen molar-refractivity contribution in [3.8, 4) is 0 Å². The predicted octanol–water partition coefficient (Wildman–Crippen LogP) is 2.28. The zero-order valence-corrected chi connectivity index (χ0v) is 13.4. The van der Waals surface area contributed by atoms with Crippen LogP contribution in [0.2, 0.25) is 0 Å². The van der Waals surface area contributed by atoms with Gasteiger partial charge in [-0.05, 0) is 22.9 Å². The van der Waals surface area contributed by atoms with Gasteiger partial charge in [-0.15, -0.1) is 11.3 Å². The fourth-order valence-corrected chi connectivity index (χ4v) is 3.35. The molecule has 1 fully saturated rings. The topological polar surface area (TPSA) is 32.8 Å². The summed E-state index contributed by atoms with van der Waals surface area (Å²) in [5.41, 5.74) is 1.26. The third-order valence-electron chi connectivity index (χ3n) is 3.77. The van der Waals surface area contributed by atoms with Crippen molar-refractivity contribution in [2.75, 3.05) is 46.4 Å². The number of ether oxygens (including phenoxy) is 1. The third-order valence-corrected chi connectivity index (χ3v) is 4.70. The van der Waals surface area contributed by atoms with Crippen molar-refractivity contribution in [1.29, 1.82) is 0 Å². The smallest absolute Gasteiger partial charge is 0.264 e. The molecule has 0 N–H and O–H groups in total. The summed E-state index contributed by atoms with van der Waals surface area (Å²) in [6.07, 6.45) is 0. The fourth-order valence-electron chi connectivity index (χ4n) is 2.32. The maximum atomic E-state index is 12.4. The number of nitrogens with zero attached hydrogens (tertiary/aromatic N) is 2. The van der Waals surface area contributed by atoms with E-state index < -0.39 is 0 Å². The molecular weight excluding hydrogens is 272 g/mol. The minimum absolute atomic E-state index is 0.188. The Hall–Kier alpha value is -0.910. The highest BCUT2D eigenvalue weighted by atomic mass is 32.1. The zero-order chi connectivity index (χ0) is 14.5. The second kappa shape index (κ2) is 7.20. The molecule has 1 aromatic rings. The second-order valence-corrected chi connectivity index (χ2v) is 6.44. The van der Waals surface area contributed by atoms with Gasteiger partial charge in [0.25, 0.3) is 5.91 Å². The first-order chi connectivity index (χ1) is 9.61. The van der Waals surface area contributed by atoms with Crippen LogP contribution in [-0.4, -0.2) is 62.1 Å². The molecule has 1 saturated heterocycles. The van der Waals surface area contributed by atoms with E-state index in [1.165, 1.54) is 5.56 Å². The van der Waals surface area contributed by atoms with Crippen molar-refractivity contribution in [1.82, 2.24) is 9.80 Å². The number of amides is 1. The van der Waals surface area contributed by atoms with Gasteiger partial charge >= 0.3 is 0 Å². The maximum Gasteiger partial charge on any atom is 0.264 e. The average Bonchev–Trinajstić information content (AvgIpc) is 2.95. The molecule has 0 aliphatic carbocycles. The van der Waals surface area contributed by atoms with E-state index in [9.17, 15) is 4.79 Å². The van der Waals surface area contributed by atoms with Gasteiger partial charge in [-0.25, -0.2) is 0 Å². The number of carbonyl (C=O) groups excluding carboxylic acids is 1. The average molecular weight is 296 g/mol. The molecule has 1 aliphatic rings. The molecule has 112 valence electrons. The van der Waals surface area contributed by atoms with E-state index in [1.54, 1.807) is 18.4 Å². The molecule has 1 amide bonds. The first kappa shape index (κ1) is 15.5. The lowest BCUT2D eigenvalue weighted by molar-refractivity contribution is 0.0598. The van der Waals surface area contributed by atoms with E-state index in [-0.39, 0.29) is 5.91 Å². The van der Waals surface area contributed by atoms with Crippen molar-refractivity contribution in [2.45, 2.75) is 19.8 Å². The Morgan fingerprint density at radius 1 is 1.35 bits per heavy atom. The van der Waals surface area contributed by atoms with E-state index in [4.69, 9.17) is 4.74 Å². The quantitative estimate of drug-likeness (QED) is 0.835. The van der Waals surface area contributed by atoms with Crippen molar-refractivity contribution in [3.05, 3.63) is 21.9 Å². The van der Waals surface area contributed by atoms with Crippen LogP contribution in [0.15, 0.2) is 11.4 Å². The number of carbonyl (C=O) groups is 1. The van der Waals surface area contributed by atoms with Crippen molar-refractivity contribution in [2.24, 2.45) is 0 Å². The molecule has 0 unspecified atom stereocenters. The zero-order valence-electron chi connectivity index (χ0n) is 12.6. The van der Waals surface area contributed by atoms with Gasteiger partial charge in [0.15, 0.2) is 0 Å². The highest BCUT2D eigenvalue weighted by Crippen LogP contribution is 2.23. The molecule has 1 aromatic heterocycles. The molecule has 1 aliphatic heterocycles.